The molecule has 2 N–H and O–H groups in total. The van der Waals surface area contributed by atoms with Crippen molar-refractivity contribution in [3.63, 3.8) is 0 Å². The lowest BCUT2D eigenvalue weighted by Crippen LogP contribution is -2.24. The zero-order valence-electron chi connectivity index (χ0n) is 10.8. The highest BCUT2D eigenvalue weighted by atomic mass is 35.5. The van der Waals surface area contributed by atoms with Crippen molar-refractivity contribution in [2.24, 2.45) is 0 Å². The molecule has 0 bridgehead atoms. The molecular weight excluding hydrogens is 315 g/mol. The fourth-order valence-corrected chi connectivity index (χ4v) is 2.68. The Balaban J connectivity index is 2.61. The van der Waals surface area contributed by atoms with E-state index in [-0.39, 0.29) is 17.4 Å². The molecule has 1 atom stereocenters. The van der Waals surface area contributed by atoms with Gasteiger partial charge < -0.3 is 14.9 Å². The molecule has 0 aliphatic rings. The maximum atomic E-state index is 10.8. The van der Waals surface area contributed by atoms with Crippen molar-refractivity contribution in [1.29, 1.82) is 0 Å². The number of para-hydroxylation sites is 2. The Bertz CT molecular complexity index is 660. The number of halogens is 2. The number of hydrogen-bond donors (Lipinski definition) is 2. The van der Waals surface area contributed by atoms with Gasteiger partial charge >= 0.3 is 6.16 Å². The molecule has 2 rings (SSSR count). The van der Waals surface area contributed by atoms with Gasteiger partial charge in [-0.15, -0.1) is 23.2 Å². The van der Waals surface area contributed by atoms with Gasteiger partial charge in [0.25, 0.3) is 0 Å². The van der Waals surface area contributed by atoms with E-state index >= 15 is 0 Å². The first-order valence-electron chi connectivity index (χ1n) is 6.02. The lowest BCUT2D eigenvalue weighted by atomic mass is 9.90. The number of carbonyl (C=O) groups is 1. The van der Waals surface area contributed by atoms with Crippen LogP contribution >= 0.6 is 23.2 Å². The Morgan fingerprint density at radius 3 is 2.24 bits per heavy atom. The second kappa shape index (κ2) is 6.24. The van der Waals surface area contributed by atoms with E-state index in [1.807, 2.05) is 0 Å². The Hall–Kier alpha value is -1.91. The van der Waals surface area contributed by atoms with Crippen molar-refractivity contribution in [1.82, 2.24) is 0 Å². The van der Waals surface area contributed by atoms with E-state index in [4.69, 9.17) is 33.0 Å². The van der Waals surface area contributed by atoms with E-state index in [0.717, 1.165) is 0 Å². The van der Waals surface area contributed by atoms with Gasteiger partial charge in [0.2, 0.25) is 0 Å². The molecule has 0 spiro atoms. The molecule has 0 fully saturated rings. The standard InChI is InChI=1S/C15H12Cl2O4/c16-9-15(17,10-5-1-3-7-12(10)18)11-6-2-4-8-13(11)21-14(19)20/h1-8,18H,9H2,(H,19,20). The number of ether oxygens (including phenoxy) is 1. The van der Waals surface area contributed by atoms with E-state index < -0.39 is 11.0 Å². The van der Waals surface area contributed by atoms with Gasteiger partial charge in [-0.05, 0) is 12.1 Å². The molecule has 0 radical (unpaired) electrons. The number of phenols is 1. The predicted molar refractivity (Wildman–Crippen MR) is 80.6 cm³/mol. The molecule has 2 aromatic carbocycles. The SMILES string of the molecule is O=C(O)Oc1ccccc1C(Cl)(CCl)c1ccccc1O. The quantitative estimate of drug-likeness (QED) is 0.502. The second-order valence-corrected chi connectivity index (χ2v) is 5.23. The molecule has 0 heterocycles. The summed E-state index contributed by atoms with van der Waals surface area (Å²) in [4.78, 5) is 9.49. The summed E-state index contributed by atoms with van der Waals surface area (Å²) in [5.74, 6) is -0.0336. The van der Waals surface area contributed by atoms with E-state index in [1.165, 1.54) is 12.1 Å². The van der Waals surface area contributed by atoms with Gasteiger partial charge in [0.15, 0.2) is 0 Å². The molecule has 21 heavy (non-hydrogen) atoms. The topological polar surface area (TPSA) is 66.8 Å². The number of benzene rings is 2. The Morgan fingerprint density at radius 1 is 1.10 bits per heavy atom. The average Bonchev–Trinajstić information content (AvgIpc) is 2.47. The maximum absolute atomic E-state index is 10.8. The van der Waals surface area contributed by atoms with Crippen LogP contribution in [-0.2, 0) is 4.87 Å². The van der Waals surface area contributed by atoms with Crippen LogP contribution in [0.4, 0.5) is 4.79 Å². The van der Waals surface area contributed by atoms with E-state index in [0.29, 0.717) is 11.1 Å². The summed E-state index contributed by atoms with van der Waals surface area (Å²) in [5, 5.41) is 18.8. The molecule has 0 aromatic heterocycles. The van der Waals surface area contributed by atoms with Crippen LogP contribution in [0.25, 0.3) is 0 Å². The third-order valence-electron chi connectivity index (χ3n) is 3.03. The largest absolute Gasteiger partial charge is 0.511 e. The highest BCUT2D eigenvalue weighted by molar-refractivity contribution is 6.32. The zero-order valence-corrected chi connectivity index (χ0v) is 12.3. The minimum Gasteiger partial charge on any atom is -0.508 e. The van der Waals surface area contributed by atoms with Gasteiger partial charge in [0, 0.05) is 11.1 Å². The first-order valence-corrected chi connectivity index (χ1v) is 6.94. The van der Waals surface area contributed by atoms with Crippen LogP contribution in [0.15, 0.2) is 48.5 Å². The number of phenolic OH excluding ortho intramolecular Hbond substituents is 1. The number of rotatable bonds is 4. The molecule has 0 aliphatic heterocycles. The smallest absolute Gasteiger partial charge is 0.508 e. The number of aromatic hydroxyl groups is 1. The molecule has 0 aliphatic carbocycles. The first kappa shape index (κ1) is 15.5. The van der Waals surface area contributed by atoms with Gasteiger partial charge in [-0.1, -0.05) is 36.4 Å². The van der Waals surface area contributed by atoms with Gasteiger partial charge in [0.05, 0.1) is 5.88 Å². The summed E-state index contributed by atoms with van der Waals surface area (Å²) in [7, 11) is 0. The molecule has 2 aromatic rings. The van der Waals surface area contributed by atoms with Crippen LogP contribution in [0.1, 0.15) is 11.1 Å². The lowest BCUT2D eigenvalue weighted by Gasteiger charge is -2.27. The van der Waals surface area contributed by atoms with E-state index in [9.17, 15) is 9.90 Å². The maximum Gasteiger partial charge on any atom is 0.511 e. The van der Waals surface area contributed by atoms with Crippen molar-refractivity contribution in [3.05, 3.63) is 59.7 Å². The summed E-state index contributed by atoms with van der Waals surface area (Å²) in [6, 6.07) is 12.9. The molecule has 0 saturated heterocycles. The van der Waals surface area contributed by atoms with Gasteiger partial charge in [-0.2, -0.15) is 0 Å². The summed E-state index contributed by atoms with van der Waals surface area (Å²) in [6.45, 7) is 0. The Labute approximate surface area is 131 Å². The van der Waals surface area contributed by atoms with Gasteiger partial charge in [-0.25, -0.2) is 4.79 Å². The number of carboxylic acid groups (broad SMARTS) is 1. The lowest BCUT2D eigenvalue weighted by molar-refractivity contribution is 0.144. The fourth-order valence-electron chi connectivity index (χ4n) is 2.07. The van der Waals surface area contributed by atoms with Crippen LogP contribution in [-0.4, -0.2) is 22.2 Å². The minimum atomic E-state index is -1.45. The van der Waals surface area contributed by atoms with Crippen molar-refractivity contribution >= 4 is 29.4 Å². The van der Waals surface area contributed by atoms with Crippen molar-refractivity contribution in [2.75, 3.05) is 5.88 Å². The Kier molecular flexibility index (Phi) is 4.60. The predicted octanol–water partition coefficient (Wildman–Crippen LogP) is 4.17. The number of hydrogen-bond acceptors (Lipinski definition) is 3. The summed E-state index contributed by atoms with van der Waals surface area (Å²) in [6.07, 6.45) is -1.45. The van der Waals surface area contributed by atoms with Crippen LogP contribution in [0.2, 0.25) is 0 Å². The highest BCUT2D eigenvalue weighted by Crippen LogP contribution is 2.45. The first-order chi connectivity index (χ1) is 9.99. The second-order valence-electron chi connectivity index (χ2n) is 4.32. The Morgan fingerprint density at radius 2 is 1.67 bits per heavy atom. The molecule has 110 valence electrons. The molecule has 0 saturated carbocycles. The highest BCUT2D eigenvalue weighted by Gasteiger charge is 2.36. The molecular formula is C15H12Cl2O4. The summed E-state index contributed by atoms with van der Waals surface area (Å²) < 4.78 is 4.75. The van der Waals surface area contributed by atoms with Crippen LogP contribution in [0, 0.1) is 0 Å². The molecule has 4 nitrogen and oxygen atoms in total. The average molecular weight is 327 g/mol. The number of alkyl halides is 2. The van der Waals surface area contributed by atoms with Gasteiger partial charge in [0.1, 0.15) is 16.4 Å². The van der Waals surface area contributed by atoms with E-state index in [1.54, 1.807) is 36.4 Å². The molecule has 0 amide bonds. The fraction of sp³-hybridized carbons (Fsp3) is 0.133. The summed E-state index contributed by atoms with van der Waals surface area (Å²) >= 11 is 12.6. The van der Waals surface area contributed by atoms with Crippen molar-refractivity contribution in [2.45, 2.75) is 4.87 Å². The monoisotopic (exact) mass is 326 g/mol. The zero-order chi connectivity index (χ0) is 15.5. The normalized spacial score (nSPS) is 13.4. The van der Waals surface area contributed by atoms with Crippen LogP contribution in [0.5, 0.6) is 11.5 Å². The van der Waals surface area contributed by atoms with Crippen molar-refractivity contribution < 1.29 is 19.7 Å². The third-order valence-corrected chi connectivity index (χ3v) is 4.10. The summed E-state index contributed by atoms with van der Waals surface area (Å²) in [5.41, 5.74) is 0.744. The van der Waals surface area contributed by atoms with Crippen LogP contribution < -0.4 is 4.74 Å². The minimum absolute atomic E-state index is 0.0294. The van der Waals surface area contributed by atoms with Crippen LogP contribution in [0.3, 0.4) is 0 Å². The molecule has 6 heteroatoms. The van der Waals surface area contributed by atoms with E-state index in [2.05, 4.69) is 0 Å². The molecule has 1 unspecified atom stereocenters. The van der Waals surface area contributed by atoms with Gasteiger partial charge in [-0.3, -0.25) is 0 Å². The third kappa shape index (κ3) is 3.06. The van der Waals surface area contributed by atoms with Crippen molar-refractivity contribution in [3.8, 4) is 11.5 Å².